The van der Waals surface area contributed by atoms with Crippen molar-refractivity contribution >= 4 is 23.6 Å². The third-order valence-electron chi connectivity index (χ3n) is 2.92. The summed E-state index contributed by atoms with van der Waals surface area (Å²) in [5, 5.41) is 8.29. The van der Waals surface area contributed by atoms with Crippen LogP contribution in [-0.2, 0) is 12.8 Å². The van der Waals surface area contributed by atoms with Crippen molar-refractivity contribution in [3.8, 4) is 0 Å². The van der Waals surface area contributed by atoms with Crippen LogP contribution in [0.4, 0.5) is 0 Å². The van der Waals surface area contributed by atoms with E-state index in [2.05, 4.69) is 40.5 Å². The van der Waals surface area contributed by atoms with E-state index in [9.17, 15) is 0 Å². The van der Waals surface area contributed by atoms with Crippen LogP contribution in [0.1, 0.15) is 48.9 Å². The molecule has 98 valence electrons. The predicted molar refractivity (Wildman–Crippen MR) is 76.7 cm³/mol. The maximum absolute atomic E-state index is 5.32. The zero-order valence-electron chi connectivity index (χ0n) is 10.9. The van der Waals surface area contributed by atoms with Gasteiger partial charge in [0, 0.05) is 17.5 Å². The van der Waals surface area contributed by atoms with Gasteiger partial charge in [0.2, 0.25) is 0 Å². The first-order chi connectivity index (χ1) is 8.67. The molecule has 0 aromatic carbocycles. The normalized spacial score (nSPS) is 12.8. The molecule has 2 heterocycles. The topological polar surface area (TPSA) is 46.5 Å². The molecule has 0 radical (unpaired) electrons. The van der Waals surface area contributed by atoms with Crippen molar-refractivity contribution in [3.05, 3.63) is 26.7 Å². The van der Waals surface area contributed by atoms with Gasteiger partial charge in [-0.25, -0.2) is 4.98 Å². The van der Waals surface area contributed by atoms with Crippen LogP contribution in [0.5, 0.6) is 0 Å². The molecule has 0 aliphatic carbocycles. The molecule has 2 aromatic rings. The summed E-state index contributed by atoms with van der Waals surface area (Å²) >= 11 is 7.08. The Balaban J connectivity index is 2.35. The second-order valence-corrected chi connectivity index (χ2v) is 5.79. The fraction of sp³-hybridized carbons (Fsp3) is 0.583. The lowest BCUT2D eigenvalue weighted by Crippen LogP contribution is -2.10. The molecule has 4 nitrogen and oxygen atoms in total. The molecule has 0 spiro atoms. The highest BCUT2D eigenvalue weighted by Gasteiger charge is 2.17. The lowest BCUT2D eigenvalue weighted by atomic mass is 10.3. The van der Waals surface area contributed by atoms with Gasteiger partial charge in [-0.2, -0.15) is 5.10 Å². The number of hydrogen-bond donors (Lipinski definition) is 1. The minimum atomic E-state index is 0.156. The van der Waals surface area contributed by atoms with Crippen molar-refractivity contribution in [1.29, 1.82) is 0 Å². The maximum atomic E-state index is 5.32. The molecule has 0 saturated carbocycles. The van der Waals surface area contributed by atoms with Crippen LogP contribution in [0.3, 0.4) is 0 Å². The van der Waals surface area contributed by atoms with Gasteiger partial charge >= 0.3 is 0 Å². The molecule has 1 N–H and O–H groups in total. The first-order valence-electron chi connectivity index (χ1n) is 6.27. The fourth-order valence-electron chi connectivity index (χ4n) is 1.93. The van der Waals surface area contributed by atoms with Crippen LogP contribution in [-0.4, -0.2) is 19.7 Å². The molecule has 0 aliphatic rings. The minimum absolute atomic E-state index is 0.156. The Hall–Kier alpha value is -1.01. The Morgan fingerprint density at radius 1 is 1.50 bits per heavy atom. The molecule has 1 atom stereocenters. The van der Waals surface area contributed by atoms with Crippen molar-refractivity contribution in [2.45, 2.75) is 46.1 Å². The summed E-state index contributed by atoms with van der Waals surface area (Å²) in [4.78, 5) is 5.80. The maximum Gasteiger partial charge on any atom is 0.195 e. The third-order valence-corrected chi connectivity index (χ3v) is 4.52. The molecule has 2 aromatic heterocycles. The number of aromatic nitrogens is 4. The van der Waals surface area contributed by atoms with Gasteiger partial charge in [0.15, 0.2) is 4.77 Å². The number of H-pyrrole nitrogens is 1. The highest BCUT2D eigenvalue weighted by molar-refractivity contribution is 7.71. The number of nitrogens with zero attached hydrogens (tertiary/aromatic N) is 3. The van der Waals surface area contributed by atoms with Gasteiger partial charge in [-0.1, -0.05) is 13.8 Å². The van der Waals surface area contributed by atoms with E-state index in [1.807, 2.05) is 6.20 Å². The van der Waals surface area contributed by atoms with E-state index >= 15 is 0 Å². The predicted octanol–water partition coefficient (Wildman–Crippen LogP) is 3.52. The summed E-state index contributed by atoms with van der Waals surface area (Å²) in [6, 6.07) is 0.156. The molecule has 1 unspecified atom stereocenters. The van der Waals surface area contributed by atoms with Gasteiger partial charge in [0.25, 0.3) is 0 Å². The SMILES string of the molecule is CCCc1n[nH]c(=S)n1C(C)c1ncc(CC)s1. The summed E-state index contributed by atoms with van der Waals surface area (Å²) in [5.74, 6) is 1.02. The molecule has 0 aliphatic heterocycles. The smallest absolute Gasteiger partial charge is 0.195 e. The highest BCUT2D eigenvalue weighted by atomic mass is 32.1. The van der Waals surface area contributed by atoms with Gasteiger partial charge in [-0.15, -0.1) is 11.3 Å². The number of rotatable bonds is 5. The summed E-state index contributed by atoms with van der Waals surface area (Å²) < 4.78 is 2.76. The average Bonchev–Trinajstić information content (AvgIpc) is 2.96. The molecule has 2 rings (SSSR count). The number of aromatic amines is 1. The van der Waals surface area contributed by atoms with Crippen molar-refractivity contribution in [3.63, 3.8) is 0 Å². The molecule has 6 heteroatoms. The van der Waals surface area contributed by atoms with Gasteiger partial charge in [-0.3, -0.25) is 9.67 Å². The lowest BCUT2D eigenvalue weighted by Gasteiger charge is -2.12. The van der Waals surface area contributed by atoms with Crippen LogP contribution in [0.15, 0.2) is 6.20 Å². The highest BCUT2D eigenvalue weighted by Crippen LogP contribution is 2.25. The van der Waals surface area contributed by atoms with Gasteiger partial charge in [0.05, 0.1) is 6.04 Å². The van der Waals surface area contributed by atoms with Crippen LogP contribution in [0.25, 0.3) is 0 Å². The first-order valence-corrected chi connectivity index (χ1v) is 7.50. The largest absolute Gasteiger partial charge is 0.294 e. The van der Waals surface area contributed by atoms with E-state index in [0.717, 1.165) is 30.1 Å². The number of aryl methyl sites for hydroxylation is 2. The van der Waals surface area contributed by atoms with Crippen molar-refractivity contribution in [2.24, 2.45) is 0 Å². The third kappa shape index (κ3) is 2.54. The summed E-state index contributed by atoms with van der Waals surface area (Å²) in [6.45, 7) is 6.42. The van der Waals surface area contributed by atoms with E-state index in [0.29, 0.717) is 4.77 Å². The Morgan fingerprint density at radius 2 is 2.28 bits per heavy atom. The Bertz CT molecular complexity index is 567. The quantitative estimate of drug-likeness (QED) is 0.853. The lowest BCUT2D eigenvalue weighted by molar-refractivity contribution is 0.586. The molecular weight excluding hydrogens is 264 g/mol. The molecule has 0 bridgehead atoms. The van der Waals surface area contributed by atoms with Crippen molar-refractivity contribution in [1.82, 2.24) is 19.7 Å². The summed E-state index contributed by atoms with van der Waals surface area (Å²) in [7, 11) is 0. The van der Waals surface area contributed by atoms with Crippen molar-refractivity contribution < 1.29 is 0 Å². The van der Waals surface area contributed by atoms with E-state index in [-0.39, 0.29) is 6.04 Å². The van der Waals surface area contributed by atoms with E-state index in [1.54, 1.807) is 11.3 Å². The zero-order chi connectivity index (χ0) is 13.1. The number of thiazole rings is 1. The molecule has 0 saturated heterocycles. The number of nitrogens with one attached hydrogen (secondary N) is 1. The Kier molecular flexibility index (Phi) is 4.29. The average molecular weight is 282 g/mol. The van der Waals surface area contributed by atoms with Crippen LogP contribution in [0, 0.1) is 4.77 Å². The van der Waals surface area contributed by atoms with Gasteiger partial charge < -0.3 is 0 Å². The van der Waals surface area contributed by atoms with Gasteiger partial charge in [0.1, 0.15) is 10.8 Å². The summed E-state index contributed by atoms with van der Waals surface area (Å²) in [6.07, 6.45) is 4.98. The monoisotopic (exact) mass is 282 g/mol. The van der Waals surface area contributed by atoms with Crippen LogP contribution >= 0.6 is 23.6 Å². The second-order valence-electron chi connectivity index (χ2n) is 4.26. The zero-order valence-corrected chi connectivity index (χ0v) is 12.6. The second kappa shape index (κ2) is 5.75. The van der Waals surface area contributed by atoms with E-state index in [1.165, 1.54) is 4.88 Å². The molecular formula is C12H18N4S2. The minimum Gasteiger partial charge on any atom is -0.294 e. The molecule has 0 amide bonds. The van der Waals surface area contributed by atoms with Crippen LogP contribution < -0.4 is 0 Å². The van der Waals surface area contributed by atoms with Gasteiger partial charge in [-0.05, 0) is 32.0 Å². The van der Waals surface area contributed by atoms with Crippen LogP contribution in [0.2, 0.25) is 0 Å². The van der Waals surface area contributed by atoms with E-state index < -0.39 is 0 Å². The fourth-order valence-corrected chi connectivity index (χ4v) is 3.14. The Labute approximate surface area is 116 Å². The molecule has 18 heavy (non-hydrogen) atoms. The van der Waals surface area contributed by atoms with Crippen molar-refractivity contribution in [2.75, 3.05) is 0 Å². The summed E-state index contributed by atoms with van der Waals surface area (Å²) in [5.41, 5.74) is 0. The standard InChI is InChI=1S/C12H18N4S2/c1-4-6-10-14-15-12(17)16(10)8(3)11-13-7-9(5-2)18-11/h7-8H,4-6H2,1-3H3,(H,15,17). The Morgan fingerprint density at radius 3 is 2.89 bits per heavy atom. The first kappa shape index (κ1) is 13.4. The number of hydrogen-bond acceptors (Lipinski definition) is 4. The molecule has 0 fully saturated rings. The van der Waals surface area contributed by atoms with E-state index in [4.69, 9.17) is 12.2 Å².